The van der Waals surface area contributed by atoms with Crippen molar-refractivity contribution in [1.82, 2.24) is 0 Å². The largest absolute Gasteiger partial charge is 0.508 e. The lowest BCUT2D eigenvalue weighted by Gasteiger charge is -2.53. The summed E-state index contributed by atoms with van der Waals surface area (Å²) in [6.07, 6.45) is 7.53. The van der Waals surface area contributed by atoms with Crippen LogP contribution in [0.2, 0.25) is 0 Å². The summed E-state index contributed by atoms with van der Waals surface area (Å²) in [5.41, 5.74) is 2.75. The maximum Gasteiger partial charge on any atom is 0.453 e. The Balaban J connectivity index is 1.18. The maximum absolute atomic E-state index is 12.9. The number of thioether (sulfide) groups is 1. The number of benzene rings is 1. The van der Waals surface area contributed by atoms with Gasteiger partial charge in [-0.05, 0) is 110 Å². The molecule has 0 aromatic heterocycles. The van der Waals surface area contributed by atoms with Gasteiger partial charge in [0.05, 0.1) is 0 Å². The van der Waals surface area contributed by atoms with Crippen LogP contribution in [0.5, 0.6) is 5.75 Å². The highest BCUT2D eigenvalue weighted by atomic mass is 32.2. The second-order valence-corrected chi connectivity index (χ2v) is 14.8. The Morgan fingerprint density at radius 1 is 0.977 bits per heavy atom. The molecule has 0 spiro atoms. The molecule has 3 aliphatic carbocycles. The average Bonchev–Trinajstić information content (AvgIpc) is 3.25. The second-order valence-electron chi connectivity index (χ2n) is 13.5. The number of esters is 1. The SMILES string of the molecule is CC(=O)O[C@H]1CC[C@H]2[C@@H]3[C@H](CCCCCCCCCSCCCC(F)(F)C(F)(F)F)Cc4cc(O)ccc4[C@H]3CC[C@]12C. The molecule has 6 atom stereocenters. The van der Waals surface area contributed by atoms with Crippen molar-refractivity contribution >= 4 is 17.7 Å². The van der Waals surface area contributed by atoms with Gasteiger partial charge in [0.15, 0.2) is 0 Å². The number of phenolic OH excluding ortho intramolecular Hbond substituents is 1. The van der Waals surface area contributed by atoms with Gasteiger partial charge in [0.1, 0.15) is 11.9 Å². The summed E-state index contributed by atoms with van der Waals surface area (Å²) in [4.78, 5) is 11.9. The predicted octanol–water partition coefficient (Wildman–Crippen LogP) is 10.2. The highest BCUT2D eigenvalue weighted by Crippen LogP contribution is 2.63. The van der Waals surface area contributed by atoms with Crippen LogP contribution in [0.25, 0.3) is 0 Å². The molecule has 0 saturated heterocycles. The van der Waals surface area contributed by atoms with E-state index in [0.717, 1.165) is 63.5 Å². The minimum absolute atomic E-state index is 0.00958. The lowest BCUT2D eigenvalue weighted by Crippen LogP contribution is -2.48. The van der Waals surface area contributed by atoms with Gasteiger partial charge in [-0.3, -0.25) is 4.79 Å². The average molecular weight is 633 g/mol. The number of carbonyl (C=O) groups excluding carboxylic acids is 1. The molecule has 0 radical (unpaired) electrons. The van der Waals surface area contributed by atoms with Crippen molar-refractivity contribution in [3.8, 4) is 5.75 Å². The zero-order valence-corrected chi connectivity index (χ0v) is 26.5. The van der Waals surface area contributed by atoms with Gasteiger partial charge in [-0.25, -0.2) is 0 Å². The van der Waals surface area contributed by atoms with Gasteiger partial charge >= 0.3 is 18.1 Å². The number of fused-ring (bicyclic) bond motifs is 5. The van der Waals surface area contributed by atoms with E-state index < -0.39 is 18.5 Å². The van der Waals surface area contributed by atoms with Gasteiger partial charge in [0.25, 0.3) is 0 Å². The fourth-order valence-electron chi connectivity index (χ4n) is 8.54. The molecule has 0 unspecified atom stereocenters. The number of rotatable bonds is 15. The minimum Gasteiger partial charge on any atom is -0.508 e. The van der Waals surface area contributed by atoms with E-state index in [4.69, 9.17) is 4.74 Å². The first kappa shape index (κ1) is 34.4. The molecule has 1 aromatic carbocycles. The maximum atomic E-state index is 12.9. The van der Waals surface area contributed by atoms with E-state index in [9.17, 15) is 31.9 Å². The topological polar surface area (TPSA) is 46.5 Å². The van der Waals surface area contributed by atoms with Gasteiger partial charge in [-0.2, -0.15) is 33.7 Å². The Morgan fingerprint density at radius 3 is 2.35 bits per heavy atom. The van der Waals surface area contributed by atoms with Crippen molar-refractivity contribution in [3.05, 3.63) is 29.3 Å². The molecule has 2 fully saturated rings. The van der Waals surface area contributed by atoms with Crippen molar-refractivity contribution in [1.29, 1.82) is 0 Å². The summed E-state index contributed by atoms with van der Waals surface area (Å²) in [6.45, 7) is 3.87. The van der Waals surface area contributed by atoms with E-state index in [-0.39, 0.29) is 23.9 Å². The number of phenols is 1. The van der Waals surface area contributed by atoms with Crippen LogP contribution in [0.4, 0.5) is 22.0 Å². The first-order valence-electron chi connectivity index (χ1n) is 16.3. The minimum atomic E-state index is -5.45. The van der Waals surface area contributed by atoms with Gasteiger partial charge in [-0.1, -0.05) is 51.5 Å². The van der Waals surface area contributed by atoms with E-state index in [0.29, 0.717) is 35.2 Å². The zero-order valence-electron chi connectivity index (χ0n) is 25.7. The highest BCUT2D eigenvalue weighted by molar-refractivity contribution is 7.99. The standard InChI is InChI=1S/C34H49F5O3S/c1-23(40)42-30-15-14-29-31-24(21-25-22-26(41)12-13-27(25)28(31)16-18-32(29,30)2)11-8-6-4-3-5-7-9-19-43-20-10-17-33(35,36)34(37,38)39/h12-13,22,24,28-31,41H,3-11,14-21H2,1-2H3/t24-,28-,29+,30+,31-,32+/m1/s1. The molecule has 0 amide bonds. The van der Waals surface area contributed by atoms with Gasteiger partial charge in [0.2, 0.25) is 0 Å². The van der Waals surface area contributed by atoms with Crippen molar-refractivity contribution in [3.63, 3.8) is 0 Å². The Bertz CT molecular complexity index is 1060. The normalized spacial score (nSPS) is 28.7. The van der Waals surface area contributed by atoms with Crippen LogP contribution in [-0.2, 0) is 16.0 Å². The number of hydrogen-bond acceptors (Lipinski definition) is 4. The third-order valence-corrected chi connectivity index (χ3v) is 11.8. The number of aromatic hydroxyl groups is 1. The molecule has 43 heavy (non-hydrogen) atoms. The molecule has 2 saturated carbocycles. The number of ether oxygens (including phenoxy) is 1. The van der Waals surface area contributed by atoms with Crippen molar-refractivity contribution in [2.24, 2.45) is 23.2 Å². The summed E-state index contributed by atoms with van der Waals surface area (Å²) in [6, 6.07) is 5.95. The Hall–Kier alpha value is -1.51. The third kappa shape index (κ3) is 8.40. The third-order valence-electron chi connectivity index (χ3n) is 10.7. The second kappa shape index (κ2) is 14.7. The molecule has 244 valence electrons. The van der Waals surface area contributed by atoms with E-state index in [1.54, 1.807) is 0 Å². The molecule has 1 aromatic rings. The molecule has 0 heterocycles. The molecule has 9 heteroatoms. The van der Waals surface area contributed by atoms with Crippen LogP contribution in [0.1, 0.15) is 121 Å². The highest BCUT2D eigenvalue weighted by Gasteiger charge is 2.58. The van der Waals surface area contributed by atoms with Crippen LogP contribution < -0.4 is 0 Å². The fourth-order valence-corrected chi connectivity index (χ4v) is 9.50. The quantitative estimate of drug-likeness (QED) is 0.119. The van der Waals surface area contributed by atoms with E-state index in [2.05, 4.69) is 13.0 Å². The van der Waals surface area contributed by atoms with Crippen molar-refractivity contribution in [2.45, 2.75) is 134 Å². The van der Waals surface area contributed by atoms with Crippen LogP contribution in [-0.4, -0.2) is 40.8 Å². The molecule has 0 bridgehead atoms. The van der Waals surface area contributed by atoms with Crippen molar-refractivity contribution < 1.29 is 36.6 Å². The summed E-state index contributed by atoms with van der Waals surface area (Å²) < 4.78 is 68.4. The van der Waals surface area contributed by atoms with Crippen LogP contribution in [0, 0.1) is 23.2 Å². The zero-order chi connectivity index (χ0) is 31.3. The Morgan fingerprint density at radius 2 is 1.65 bits per heavy atom. The predicted molar refractivity (Wildman–Crippen MR) is 162 cm³/mol. The Kier molecular flexibility index (Phi) is 11.8. The molecule has 0 aliphatic heterocycles. The van der Waals surface area contributed by atoms with Gasteiger partial charge < -0.3 is 9.84 Å². The van der Waals surface area contributed by atoms with Crippen LogP contribution in [0.15, 0.2) is 18.2 Å². The molecular formula is C34H49F5O3S. The number of unbranched alkanes of at least 4 members (excludes halogenated alkanes) is 6. The summed E-state index contributed by atoms with van der Waals surface area (Å²) in [5.74, 6) is -1.09. The molecule has 3 nitrogen and oxygen atoms in total. The first-order chi connectivity index (χ1) is 20.3. The number of alkyl halides is 5. The van der Waals surface area contributed by atoms with Gasteiger partial charge in [-0.15, -0.1) is 0 Å². The summed E-state index contributed by atoms with van der Waals surface area (Å²) >= 11 is 1.47. The first-order valence-corrected chi connectivity index (χ1v) is 17.5. The molecular weight excluding hydrogens is 583 g/mol. The summed E-state index contributed by atoms with van der Waals surface area (Å²) in [5, 5.41) is 10.2. The lowest BCUT2D eigenvalue weighted by molar-refractivity contribution is -0.284. The smallest absolute Gasteiger partial charge is 0.453 e. The molecule has 4 rings (SSSR count). The van der Waals surface area contributed by atoms with Crippen LogP contribution >= 0.6 is 11.8 Å². The lowest BCUT2D eigenvalue weighted by atomic mass is 9.52. The molecule has 1 N–H and O–H groups in total. The van der Waals surface area contributed by atoms with Crippen LogP contribution in [0.3, 0.4) is 0 Å². The number of hydrogen-bond donors (Lipinski definition) is 1. The molecule has 3 aliphatic rings. The van der Waals surface area contributed by atoms with E-state index in [1.165, 1.54) is 55.5 Å². The van der Waals surface area contributed by atoms with E-state index in [1.807, 2.05) is 12.1 Å². The van der Waals surface area contributed by atoms with Gasteiger partial charge in [0, 0.05) is 18.8 Å². The monoisotopic (exact) mass is 632 g/mol. The van der Waals surface area contributed by atoms with Crippen molar-refractivity contribution in [2.75, 3.05) is 11.5 Å². The number of carbonyl (C=O) groups is 1. The summed E-state index contributed by atoms with van der Waals surface area (Å²) in [7, 11) is 0. The number of halogens is 5. The van der Waals surface area contributed by atoms with E-state index >= 15 is 0 Å². The Labute approximate surface area is 258 Å². The fraction of sp³-hybridized carbons (Fsp3) is 0.794.